The van der Waals surface area contributed by atoms with Crippen LogP contribution in [-0.4, -0.2) is 18.2 Å². The molecule has 0 aliphatic heterocycles. The van der Waals surface area contributed by atoms with Crippen LogP contribution in [0.3, 0.4) is 0 Å². The number of rotatable bonds is 5. The van der Waals surface area contributed by atoms with Gasteiger partial charge in [0.2, 0.25) is 0 Å². The molecule has 1 unspecified atom stereocenters. The zero-order valence-corrected chi connectivity index (χ0v) is 13.9. The molecule has 0 heterocycles. The van der Waals surface area contributed by atoms with E-state index in [2.05, 4.69) is 10.5 Å². The lowest BCUT2D eigenvalue weighted by atomic mass is 10.2. The quantitative estimate of drug-likeness (QED) is 0.631. The normalized spacial score (nSPS) is 12.2. The van der Waals surface area contributed by atoms with Crippen molar-refractivity contribution < 1.29 is 18.3 Å². The maximum Gasteiger partial charge on any atom is 0.280 e. The second-order valence-electron chi connectivity index (χ2n) is 4.71. The summed E-state index contributed by atoms with van der Waals surface area (Å²) in [5, 5.41) is 4.27. The van der Waals surface area contributed by atoms with Gasteiger partial charge < -0.3 is 4.74 Å². The van der Waals surface area contributed by atoms with Crippen molar-refractivity contribution in [1.82, 2.24) is 5.43 Å². The molecule has 4 nitrogen and oxygen atoms in total. The molecule has 0 aliphatic carbocycles. The fraction of sp³-hybridized carbons (Fsp3) is 0.125. The number of benzene rings is 2. The van der Waals surface area contributed by atoms with Crippen LogP contribution in [0.25, 0.3) is 0 Å². The van der Waals surface area contributed by atoms with Crippen LogP contribution in [0, 0.1) is 11.6 Å². The average Bonchev–Trinajstić information content (AvgIpc) is 2.54. The number of carbonyl (C=O) groups is 1. The highest BCUT2D eigenvalue weighted by Gasteiger charge is 2.16. The van der Waals surface area contributed by atoms with Crippen molar-refractivity contribution in [3.63, 3.8) is 0 Å². The molecular weight excluding hydrogens is 361 g/mol. The molecule has 2 aromatic rings. The molecule has 0 bridgehead atoms. The number of hydrogen-bond acceptors (Lipinski definition) is 3. The standard InChI is InChI=1S/C16H12Cl2F2N2O2/c1-9(24-14-6-5-11(17)7-12(14)18)16(23)22-21-8-10-3-2-4-13(19)15(10)20/h2-9H,1H3,(H,22,23). The van der Waals surface area contributed by atoms with Gasteiger partial charge in [0, 0.05) is 10.6 Å². The third-order valence-corrected chi connectivity index (χ3v) is 3.46. The molecule has 1 amide bonds. The zero-order chi connectivity index (χ0) is 17.7. The fourth-order valence-electron chi connectivity index (χ4n) is 1.69. The molecule has 0 spiro atoms. The minimum Gasteiger partial charge on any atom is -0.479 e. The molecule has 2 aromatic carbocycles. The third-order valence-electron chi connectivity index (χ3n) is 2.93. The maximum absolute atomic E-state index is 13.4. The summed E-state index contributed by atoms with van der Waals surface area (Å²) < 4.78 is 31.9. The molecule has 1 atom stereocenters. The van der Waals surface area contributed by atoms with E-state index in [0.717, 1.165) is 12.3 Å². The third kappa shape index (κ3) is 4.66. The first kappa shape index (κ1) is 18.2. The van der Waals surface area contributed by atoms with Gasteiger partial charge in [-0.25, -0.2) is 14.2 Å². The summed E-state index contributed by atoms with van der Waals surface area (Å²) >= 11 is 11.7. The number of nitrogens with one attached hydrogen (secondary N) is 1. The van der Waals surface area contributed by atoms with Gasteiger partial charge in [0.15, 0.2) is 17.7 Å². The number of ether oxygens (including phenoxy) is 1. The SMILES string of the molecule is CC(Oc1ccc(Cl)cc1Cl)C(=O)NN=Cc1cccc(F)c1F. The van der Waals surface area contributed by atoms with Crippen molar-refractivity contribution in [3.8, 4) is 5.75 Å². The Kier molecular flexibility index (Phi) is 6.11. The van der Waals surface area contributed by atoms with Crippen molar-refractivity contribution in [2.75, 3.05) is 0 Å². The number of amides is 1. The van der Waals surface area contributed by atoms with E-state index in [1.807, 2.05) is 0 Å². The first-order chi connectivity index (χ1) is 11.4. The van der Waals surface area contributed by atoms with Crippen LogP contribution >= 0.6 is 23.2 Å². The van der Waals surface area contributed by atoms with Gasteiger partial charge in [-0.3, -0.25) is 4.79 Å². The van der Waals surface area contributed by atoms with Gasteiger partial charge in [0.05, 0.1) is 11.2 Å². The second kappa shape index (κ2) is 8.08. The van der Waals surface area contributed by atoms with Crippen LogP contribution in [0.1, 0.15) is 12.5 Å². The lowest BCUT2D eigenvalue weighted by Gasteiger charge is -2.14. The van der Waals surface area contributed by atoms with Gasteiger partial charge in [0.25, 0.3) is 5.91 Å². The average molecular weight is 373 g/mol. The van der Waals surface area contributed by atoms with Crippen LogP contribution in [0.4, 0.5) is 8.78 Å². The van der Waals surface area contributed by atoms with E-state index in [0.29, 0.717) is 5.02 Å². The van der Waals surface area contributed by atoms with Gasteiger partial charge in [-0.2, -0.15) is 5.10 Å². The number of halogens is 4. The highest BCUT2D eigenvalue weighted by molar-refractivity contribution is 6.35. The Balaban J connectivity index is 1.96. The number of hydrazone groups is 1. The Morgan fingerprint density at radius 1 is 1.29 bits per heavy atom. The summed E-state index contributed by atoms with van der Waals surface area (Å²) in [6, 6.07) is 8.21. The van der Waals surface area contributed by atoms with E-state index in [1.165, 1.54) is 31.2 Å². The molecule has 126 valence electrons. The minimum atomic E-state index is -1.05. The molecule has 8 heteroatoms. The number of nitrogens with zero attached hydrogens (tertiary/aromatic N) is 1. The second-order valence-corrected chi connectivity index (χ2v) is 5.56. The van der Waals surface area contributed by atoms with Gasteiger partial charge in [-0.1, -0.05) is 35.3 Å². The van der Waals surface area contributed by atoms with Gasteiger partial charge in [-0.05, 0) is 31.2 Å². The van der Waals surface area contributed by atoms with Crippen LogP contribution < -0.4 is 10.2 Å². The van der Waals surface area contributed by atoms with E-state index in [-0.39, 0.29) is 16.3 Å². The number of hydrogen-bond donors (Lipinski definition) is 1. The van der Waals surface area contributed by atoms with Crippen molar-refractivity contribution >= 4 is 35.3 Å². The van der Waals surface area contributed by atoms with E-state index in [1.54, 1.807) is 6.07 Å². The molecule has 0 fully saturated rings. The molecule has 1 N–H and O–H groups in total. The molecule has 2 rings (SSSR count). The van der Waals surface area contributed by atoms with E-state index in [9.17, 15) is 13.6 Å². The lowest BCUT2D eigenvalue weighted by molar-refractivity contribution is -0.127. The summed E-state index contributed by atoms with van der Waals surface area (Å²) in [5.74, 6) is -2.36. The Morgan fingerprint density at radius 3 is 2.75 bits per heavy atom. The summed E-state index contributed by atoms with van der Waals surface area (Å²) in [5.41, 5.74) is 2.08. The molecule has 0 aromatic heterocycles. The predicted octanol–water partition coefficient (Wildman–Crippen LogP) is 4.19. The molecule has 0 saturated heterocycles. The monoisotopic (exact) mass is 372 g/mol. The van der Waals surface area contributed by atoms with E-state index >= 15 is 0 Å². The predicted molar refractivity (Wildman–Crippen MR) is 88.6 cm³/mol. The molecule has 24 heavy (non-hydrogen) atoms. The lowest BCUT2D eigenvalue weighted by Crippen LogP contribution is -2.33. The van der Waals surface area contributed by atoms with Crippen LogP contribution in [0.5, 0.6) is 5.75 Å². The van der Waals surface area contributed by atoms with Crippen LogP contribution in [-0.2, 0) is 4.79 Å². The summed E-state index contributed by atoms with van der Waals surface area (Å²) in [7, 11) is 0. The Hall–Kier alpha value is -2.18. The summed E-state index contributed by atoms with van der Waals surface area (Å²) in [6.07, 6.45) is 0.0800. The van der Waals surface area contributed by atoms with E-state index in [4.69, 9.17) is 27.9 Å². The highest BCUT2D eigenvalue weighted by Crippen LogP contribution is 2.28. The first-order valence-corrected chi connectivity index (χ1v) is 7.52. The Morgan fingerprint density at radius 2 is 2.04 bits per heavy atom. The fourth-order valence-corrected chi connectivity index (χ4v) is 2.14. The molecule has 0 radical (unpaired) electrons. The van der Waals surface area contributed by atoms with Crippen molar-refractivity contribution in [1.29, 1.82) is 0 Å². The summed E-state index contributed by atoms with van der Waals surface area (Å²) in [6.45, 7) is 1.48. The van der Waals surface area contributed by atoms with Crippen LogP contribution in [0.2, 0.25) is 10.0 Å². The first-order valence-electron chi connectivity index (χ1n) is 6.77. The largest absolute Gasteiger partial charge is 0.479 e. The summed E-state index contributed by atoms with van der Waals surface area (Å²) in [4.78, 5) is 11.9. The molecular formula is C16H12Cl2F2N2O2. The smallest absolute Gasteiger partial charge is 0.280 e. The van der Waals surface area contributed by atoms with E-state index < -0.39 is 23.6 Å². The van der Waals surface area contributed by atoms with Crippen molar-refractivity contribution in [2.45, 2.75) is 13.0 Å². The van der Waals surface area contributed by atoms with Crippen molar-refractivity contribution in [2.24, 2.45) is 5.10 Å². The Labute approximate surface area is 147 Å². The topological polar surface area (TPSA) is 50.7 Å². The highest BCUT2D eigenvalue weighted by atomic mass is 35.5. The molecule has 0 aliphatic rings. The molecule has 0 saturated carbocycles. The number of carbonyl (C=O) groups excluding carboxylic acids is 1. The van der Waals surface area contributed by atoms with Gasteiger partial charge in [0.1, 0.15) is 5.75 Å². The van der Waals surface area contributed by atoms with Gasteiger partial charge in [-0.15, -0.1) is 0 Å². The minimum absolute atomic E-state index is 0.0929. The van der Waals surface area contributed by atoms with Crippen molar-refractivity contribution in [3.05, 3.63) is 63.6 Å². The maximum atomic E-state index is 13.4. The Bertz CT molecular complexity index is 785. The van der Waals surface area contributed by atoms with Crippen LogP contribution in [0.15, 0.2) is 41.5 Å². The zero-order valence-electron chi connectivity index (χ0n) is 12.4. The van der Waals surface area contributed by atoms with Gasteiger partial charge >= 0.3 is 0 Å².